The highest BCUT2D eigenvalue weighted by atomic mass is 127. The second-order valence-electron chi connectivity index (χ2n) is 5.32. The first-order valence-corrected chi connectivity index (χ1v) is 7.31. The number of nitrogens with zero attached hydrogens (tertiary/aromatic N) is 1. The van der Waals surface area contributed by atoms with Gasteiger partial charge in [-0.3, -0.25) is 4.99 Å². The molecule has 5 nitrogen and oxygen atoms in total. The lowest BCUT2D eigenvalue weighted by atomic mass is 10.1. The van der Waals surface area contributed by atoms with E-state index < -0.39 is 0 Å². The number of hydrogen-bond acceptors (Lipinski definition) is 3. The quantitative estimate of drug-likeness (QED) is 0.385. The number of rotatable bonds is 8. The molecule has 0 fully saturated rings. The van der Waals surface area contributed by atoms with Crippen LogP contribution < -0.4 is 20.5 Å². The van der Waals surface area contributed by atoms with Crippen molar-refractivity contribution in [2.45, 2.75) is 26.7 Å². The third kappa shape index (κ3) is 7.72. The molecule has 0 atom stereocenters. The zero-order valence-electron chi connectivity index (χ0n) is 13.9. The number of ether oxygens (including phenoxy) is 2. The van der Waals surface area contributed by atoms with Crippen LogP contribution in [0.4, 0.5) is 0 Å². The third-order valence-electron chi connectivity index (χ3n) is 3.16. The van der Waals surface area contributed by atoms with Crippen LogP contribution in [0.25, 0.3) is 0 Å². The summed E-state index contributed by atoms with van der Waals surface area (Å²) in [6.45, 7) is 5.87. The molecule has 3 N–H and O–H groups in total. The molecule has 0 amide bonds. The van der Waals surface area contributed by atoms with Crippen molar-refractivity contribution in [3.8, 4) is 11.5 Å². The molecule has 0 unspecified atom stereocenters. The van der Waals surface area contributed by atoms with Gasteiger partial charge in [0.05, 0.1) is 14.2 Å². The fraction of sp³-hybridized carbons (Fsp3) is 0.562. The zero-order chi connectivity index (χ0) is 15.7. The molecule has 1 aromatic rings. The summed E-state index contributed by atoms with van der Waals surface area (Å²) in [7, 11) is 3.27. The van der Waals surface area contributed by atoms with Crippen LogP contribution in [-0.2, 0) is 6.42 Å². The summed E-state index contributed by atoms with van der Waals surface area (Å²) < 4.78 is 10.5. The number of benzene rings is 1. The molecule has 0 bridgehead atoms. The van der Waals surface area contributed by atoms with Crippen LogP contribution in [0, 0.1) is 5.92 Å². The molecule has 0 aliphatic carbocycles. The van der Waals surface area contributed by atoms with Gasteiger partial charge in [0.15, 0.2) is 17.5 Å². The maximum atomic E-state index is 5.82. The van der Waals surface area contributed by atoms with Gasteiger partial charge in [0.2, 0.25) is 0 Å². The van der Waals surface area contributed by atoms with E-state index in [1.165, 1.54) is 0 Å². The Morgan fingerprint density at radius 1 is 1.23 bits per heavy atom. The van der Waals surface area contributed by atoms with Gasteiger partial charge in [-0.2, -0.15) is 0 Å². The zero-order valence-corrected chi connectivity index (χ0v) is 16.2. The predicted octanol–water partition coefficient (Wildman–Crippen LogP) is 2.81. The van der Waals surface area contributed by atoms with Crippen molar-refractivity contribution in [1.29, 1.82) is 0 Å². The number of halogens is 1. The van der Waals surface area contributed by atoms with Gasteiger partial charge in [0, 0.05) is 13.1 Å². The Hall–Kier alpha value is -1.18. The summed E-state index contributed by atoms with van der Waals surface area (Å²) in [6, 6.07) is 5.91. The van der Waals surface area contributed by atoms with Gasteiger partial charge in [0.25, 0.3) is 0 Å². The first-order valence-electron chi connectivity index (χ1n) is 7.31. The van der Waals surface area contributed by atoms with E-state index in [-0.39, 0.29) is 24.0 Å². The van der Waals surface area contributed by atoms with E-state index in [1.807, 2.05) is 18.2 Å². The van der Waals surface area contributed by atoms with E-state index in [4.69, 9.17) is 15.2 Å². The summed E-state index contributed by atoms with van der Waals surface area (Å²) in [5.74, 6) is 2.64. The molecule has 0 aliphatic heterocycles. The second kappa shape index (κ2) is 11.4. The Kier molecular flexibility index (Phi) is 10.8. The topological polar surface area (TPSA) is 68.9 Å². The van der Waals surface area contributed by atoms with E-state index in [2.05, 4.69) is 24.2 Å². The average molecular weight is 421 g/mol. The Balaban J connectivity index is 0.00000441. The molecule has 1 aromatic carbocycles. The lowest BCUT2D eigenvalue weighted by Gasteiger charge is -2.10. The van der Waals surface area contributed by atoms with Gasteiger partial charge in [-0.1, -0.05) is 19.9 Å². The molecule has 126 valence electrons. The highest BCUT2D eigenvalue weighted by Gasteiger charge is 2.04. The Morgan fingerprint density at radius 3 is 2.50 bits per heavy atom. The van der Waals surface area contributed by atoms with Gasteiger partial charge in [0.1, 0.15) is 0 Å². The highest BCUT2D eigenvalue weighted by molar-refractivity contribution is 14.0. The smallest absolute Gasteiger partial charge is 0.188 e. The largest absolute Gasteiger partial charge is 0.493 e. The number of nitrogens with one attached hydrogen (secondary N) is 1. The Morgan fingerprint density at radius 2 is 1.91 bits per heavy atom. The van der Waals surface area contributed by atoms with E-state index in [0.717, 1.165) is 43.0 Å². The number of hydrogen-bond donors (Lipinski definition) is 2. The van der Waals surface area contributed by atoms with Crippen molar-refractivity contribution in [3.63, 3.8) is 0 Å². The predicted molar refractivity (Wildman–Crippen MR) is 103 cm³/mol. The minimum atomic E-state index is 0. The van der Waals surface area contributed by atoms with Crippen LogP contribution >= 0.6 is 24.0 Å². The molecule has 6 heteroatoms. The molecule has 1 rings (SSSR count). The van der Waals surface area contributed by atoms with E-state index in [9.17, 15) is 0 Å². The van der Waals surface area contributed by atoms with E-state index >= 15 is 0 Å². The molecule has 0 saturated heterocycles. The minimum Gasteiger partial charge on any atom is -0.493 e. The monoisotopic (exact) mass is 421 g/mol. The lowest BCUT2D eigenvalue weighted by Crippen LogP contribution is -2.33. The van der Waals surface area contributed by atoms with Gasteiger partial charge in [-0.25, -0.2) is 0 Å². The van der Waals surface area contributed by atoms with Gasteiger partial charge in [-0.15, -0.1) is 24.0 Å². The average Bonchev–Trinajstić information content (AvgIpc) is 2.46. The van der Waals surface area contributed by atoms with Gasteiger partial charge >= 0.3 is 0 Å². The Labute approximate surface area is 150 Å². The molecule has 0 spiro atoms. The van der Waals surface area contributed by atoms with Crippen molar-refractivity contribution in [2.75, 3.05) is 27.3 Å². The van der Waals surface area contributed by atoms with Crippen LogP contribution in [-0.4, -0.2) is 33.3 Å². The van der Waals surface area contributed by atoms with Crippen LogP contribution in [0.15, 0.2) is 23.2 Å². The van der Waals surface area contributed by atoms with Crippen molar-refractivity contribution >= 4 is 29.9 Å². The van der Waals surface area contributed by atoms with E-state index in [0.29, 0.717) is 11.9 Å². The van der Waals surface area contributed by atoms with Crippen LogP contribution in [0.3, 0.4) is 0 Å². The highest BCUT2D eigenvalue weighted by Crippen LogP contribution is 2.27. The van der Waals surface area contributed by atoms with Crippen LogP contribution in [0.5, 0.6) is 11.5 Å². The molecule has 0 heterocycles. The molecule has 22 heavy (non-hydrogen) atoms. The maximum absolute atomic E-state index is 5.82. The molecule has 0 aliphatic rings. The van der Waals surface area contributed by atoms with Crippen molar-refractivity contribution in [3.05, 3.63) is 23.8 Å². The Bertz CT molecular complexity index is 465. The normalized spacial score (nSPS) is 11.0. The fourth-order valence-corrected chi connectivity index (χ4v) is 1.87. The van der Waals surface area contributed by atoms with Crippen molar-refractivity contribution < 1.29 is 9.47 Å². The molecule has 0 radical (unpaired) electrons. The number of methoxy groups -OCH3 is 2. The van der Waals surface area contributed by atoms with Crippen molar-refractivity contribution in [2.24, 2.45) is 16.6 Å². The second-order valence-corrected chi connectivity index (χ2v) is 5.32. The number of aliphatic imine (C=N–C) groups is 1. The first-order chi connectivity index (χ1) is 10.1. The first kappa shape index (κ1) is 20.8. The van der Waals surface area contributed by atoms with Gasteiger partial charge < -0.3 is 20.5 Å². The maximum Gasteiger partial charge on any atom is 0.188 e. The molecule has 0 saturated carbocycles. The summed E-state index contributed by atoms with van der Waals surface area (Å²) in [5, 5.41) is 3.13. The molecule has 0 aromatic heterocycles. The molecular formula is C16H28IN3O2. The summed E-state index contributed by atoms with van der Waals surface area (Å²) in [4.78, 5) is 4.30. The lowest BCUT2D eigenvalue weighted by molar-refractivity contribution is 0.354. The third-order valence-corrected chi connectivity index (χ3v) is 3.16. The van der Waals surface area contributed by atoms with Crippen molar-refractivity contribution in [1.82, 2.24) is 5.32 Å². The van der Waals surface area contributed by atoms with Crippen LogP contribution in [0.1, 0.15) is 25.8 Å². The summed E-state index contributed by atoms with van der Waals surface area (Å²) >= 11 is 0. The number of guanidine groups is 1. The fourth-order valence-electron chi connectivity index (χ4n) is 1.87. The minimum absolute atomic E-state index is 0. The molecular weight excluding hydrogens is 393 g/mol. The van der Waals surface area contributed by atoms with Crippen LogP contribution in [0.2, 0.25) is 0 Å². The summed E-state index contributed by atoms with van der Waals surface area (Å²) in [6.07, 6.45) is 1.90. The van der Waals surface area contributed by atoms with Gasteiger partial charge in [-0.05, 0) is 36.5 Å². The standard InChI is InChI=1S/C16H27N3O2.HI/c1-12(2)7-9-18-16(17)19-10-8-13-5-6-14(20-3)15(11-13)21-4;/h5-6,11-12H,7-10H2,1-4H3,(H3,17,18,19);1H. The number of nitrogens with two attached hydrogens (primary N) is 1. The van der Waals surface area contributed by atoms with E-state index in [1.54, 1.807) is 14.2 Å². The summed E-state index contributed by atoms with van der Waals surface area (Å²) in [5.41, 5.74) is 6.98. The SMILES string of the molecule is COc1ccc(CCNC(N)=NCCC(C)C)cc1OC.I.